The normalized spacial score (nSPS) is 15.4. The van der Waals surface area contributed by atoms with Crippen LogP contribution in [0.1, 0.15) is 25.7 Å². The Hall–Kier alpha value is -1.50. The Morgan fingerprint density at radius 3 is 2.50 bits per heavy atom. The Bertz CT molecular complexity index is 492. The molecule has 3 amide bonds. The van der Waals surface area contributed by atoms with Crippen molar-refractivity contribution in [2.24, 2.45) is 5.73 Å². The van der Waals surface area contributed by atoms with Gasteiger partial charge in [0.1, 0.15) is 0 Å². The van der Waals surface area contributed by atoms with Gasteiger partial charge in [-0.25, -0.2) is 0 Å². The van der Waals surface area contributed by atoms with Gasteiger partial charge in [0.05, 0.1) is 13.4 Å². The first-order chi connectivity index (χ1) is 10.5. The van der Waals surface area contributed by atoms with Crippen molar-refractivity contribution in [2.45, 2.75) is 31.7 Å². The number of carbonyl (C=O) groups is 4. The molecule has 0 bridgehead atoms. The van der Waals surface area contributed by atoms with E-state index in [4.69, 9.17) is 5.73 Å². The molecular weight excluding hydrogens is 325 g/mol. The van der Waals surface area contributed by atoms with Crippen molar-refractivity contribution in [3.63, 3.8) is 0 Å². The van der Waals surface area contributed by atoms with E-state index in [1.165, 1.54) is 12.2 Å². The average Bonchev–Trinajstić information content (AvgIpc) is 2.82. The summed E-state index contributed by atoms with van der Waals surface area (Å²) in [5.41, 5.74) is 5.47. The number of unbranched alkanes of at least 4 members (excludes halogenated alkanes) is 1. The van der Waals surface area contributed by atoms with E-state index in [9.17, 15) is 19.2 Å². The van der Waals surface area contributed by atoms with Crippen LogP contribution in [0.2, 0.25) is 0 Å². The summed E-state index contributed by atoms with van der Waals surface area (Å²) in [4.78, 5) is 46.3. The van der Waals surface area contributed by atoms with Crippen LogP contribution in [0.3, 0.4) is 0 Å². The van der Waals surface area contributed by atoms with Crippen molar-refractivity contribution in [3.05, 3.63) is 12.2 Å². The lowest BCUT2D eigenvalue weighted by Crippen LogP contribution is -2.35. The van der Waals surface area contributed by atoms with Crippen molar-refractivity contribution in [1.29, 1.82) is 0 Å². The van der Waals surface area contributed by atoms with Crippen molar-refractivity contribution in [2.75, 3.05) is 13.1 Å². The molecule has 1 heterocycles. The van der Waals surface area contributed by atoms with Gasteiger partial charge in [-0.15, -0.1) is 0 Å². The van der Waals surface area contributed by atoms with Crippen LogP contribution in [0.25, 0.3) is 0 Å². The number of nitrogens with one attached hydrogen (secondary N) is 1. The molecule has 0 aromatic carbocycles. The molecule has 22 heavy (non-hydrogen) atoms. The van der Waals surface area contributed by atoms with Crippen LogP contribution in [0.5, 0.6) is 0 Å². The molecule has 1 aliphatic rings. The van der Waals surface area contributed by atoms with Crippen LogP contribution < -0.4 is 11.1 Å². The number of amides is 3. The summed E-state index contributed by atoms with van der Waals surface area (Å²) >= 11 is 4.61. The van der Waals surface area contributed by atoms with Crippen molar-refractivity contribution in [1.82, 2.24) is 10.2 Å². The molecule has 9 heteroatoms. The van der Waals surface area contributed by atoms with E-state index in [1.54, 1.807) is 0 Å². The van der Waals surface area contributed by atoms with Crippen LogP contribution in [0.4, 0.5) is 0 Å². The molecule has 3 N–H and O–H groups in total. The maximum absolute atomic E-state index is 11.6. The zero-order valence-corrected chi connectivity index (χ0v) is 13.7. The Balaban J connectivity index is 2.09. The topological polar surface area (TPSA) is 110 Å². The molecule has 0 radical (unpaired) electrons. The molecule has 0 fully saturated rings. The lowest BCUT2D eigenvalue weighted by atomic mass is 10.1. The molecule has 0 spiro atoms. The number of imide groups is 1. The van der Waals surface area contributed by atoms with Gasteiger partial charge < -0.3 is 11.1 Å². The molecule has 1 aliphatic heterocycles. The number of nitrogens with two attached hydrogens (primary N) is 1. The van der Waals surface area contributed by atoms with E-state index in [-0.39, 0.29) is 31.8 Å². The summed E-state index contributed by atoms with van der Waals surface area (Å²) in [7, 11) is 0.254. The summed E-state index contributed by atoms with van der Waals surface area (Å²) in [6.45, 7) is 0.541. The first kappa shape index (κ1) is 18.5. The van der Waals surface area contributed by atoms with Gasteiger partial charge in [0.2, 0.25) is 11.4 Å². The van der Waals surface area contributed by atoms with Crippen LogP contribution in [0, 0.1) is 0 Å². The molecule has 1 rings (SSSR count). The summed E-state index contributed by atoms with van der Waals surface area (Å²) in [6, 6.07) is -0.533. The lowest BCUT2D eigenvalue weighted by Gasteiger charge is -2.13. The molecule has 0 aromatic rings. The zero-order valence-electron chi connectivity index (χ0n) is 12.0. The highest BCUT2D eigenvalue weighted by atomic mass is 32.4. The standard InChI is InChI=1S/C13H18N3O4PS/c14-9(13(20)21-22)3-1-2-7-15-10(17)6-8-16-11(18)4-5-12(16)19/h4-5,9H,1-3,6-8,14H2,(H,15,17)/t9-/m0/s1. The minimum Gasteiger partial charge on any atom is -0.356 e. The number of hydrogen-bond acceptors (Lipinski definition) is 6. The van der Waals surface area contributed by atoms with Gasteiger partial charge in [0, 0.05) is 31.7 Å². The van der Waals surface area contributed by atoms with Gasteiger partial charge in [0.25, 0.3) is 11.8 Å². The van der Waals surface area contributed by atoms with Gasteiger partial charge in [-0.05, 0) is 31.1 Å². The van der Waals surface area contributed by atoms with Crippen LogP contribution in [0.15, 0.2) is 12.2 Å². The van der Waals surface area contributed by atoms with E-state index in [2.05, 4.69) is 17.1 Å². The number of nitrogens with zero attached hydrogens (tertiary/aromatic N) is 1. The summed E-state index contributed by atoms with van der Waals surface area (Å²) in [6.07, 6.45) is 4.40. The molecule has 0 unspecified atom stereocenters. The van der Waals surface area contributed by atoms with Gasteiger partial charge >= 0.3 is 0 Å². The fraction of sp³-hybridized carbons (Fsp3) is 0.538. The minimum absolute atomic E-state index is 0.0754. The maximum atomic E-state index is 11.6. The van der Waals surface area contributed by atoms with Gasteiger partial charge in [-0.3, -0.25) is 24.1 Å². The minimum atomic E-state index is -0.533. The third-order valence-electron chi connectivity index (χ3n) is 3.13. The third-order valence-corrected chi connectivity index (χ3v) is 4.19. The first-order valence-corrected chi connectivity index (χ1v) is 8.79. The van der Waals surface area contributed by atoms with Crippen molar-refractivity contribution >= 4 is 42.4 Å². The SMILES string of the molecule is N[C@@H](CCCCNC(=O)CCN1C(=O)C=CC1=O)C(=O)P=S. The highest BCUT2D eigenvalue weighted by Gasteiger charge is 2.23. The monoisotopic (exact) mass is 343 g/mol. The molecule has 0 saturated heterocycles. The molecule has 120 valence electrons. The Morgan fingerprint density at radius 2 is 1.91 bits per heavy atom. The molecule has 0 saturated carbocycles. The van der Waals surface area contributed by atoms with E-state index in [0.717, 1.165) is 4.90 Å². The lowest BCUT2D eigenvalue weighted by molar-refractivity contribution is -0.137. The van der Waals surface area contributed by atoms with Crippen LogP contribution >= 0.6 is 7.36 Å². The predicted octanol–water partition coefficient (Wildman–Crippen LogP) is -0.150. The number of rotatable bonds is 10. The summed E-state index contributed by atoms with van der Waals surface area (Å²) in [5.74, 6) is -1.01. The fourth-order valence-electron chi connectivity index (χ4n) is 1.86. The van der Waals surface area contributed by atoms with Crippen LogP contribution in [-0.4, -0.2) is 47.3 Å². The summed E-state index contributed by atoms with van der Waals surface area (Å²) in [5, 5.41) is 2.70. The second-order valence-corrected chi connectivity index (χ2v) is 5.96. The van der Waals surface area contributed by atoms with E-state index >= 15 is 0 Å². The molecule has 0 aromatic heterocycles. The quantitative estimate of drug-likeness (QED) is 0.324. The van der Waals surface area contributed by atoms with E-state index in [0.29, 0.717) is 25.8 Å². The van der Waals surface area contributed by atoms with Gasteiger partial charge in [0.15, 0.2) is 0 Å². The number of carbonyl (C=O) groups excluding carboxylic acids is 4. The molecular formula is C13H18N3O4PS. The second-order valence-electron chi connectivity index (χ2n) is 4.79. The van der Waals surface area contributed by atoms with Crippen molar-refractivity contribution in [3.8, 4) is 0 Å². The number of hydrogen-bond donors (Lipinski definition) is 2. The molecule has 0 aliphatic carbocycles. The van der Waals surface area contributed by atoms with Gasteiger partial charge in [-0.2, -0.15) is 0 Å². The highest BCUT2D eigenvalue weighted by Crippen LogP contribution is 2.06. The Labute approximate surface area is 135 Å². The first-order valence-electron chi connectivity index (χ1n) is 6.88. The third kappa shape index (κ3) is 6.09. The van der Waals surface area contributed by atoms with Gasteiger partial charge in [-0.1, -0.05) is 0 Å². The molecule has 1 atom stereocenters. The fourth-order valence-corrected chi connectivity index (χ4v) is 2.53. The van der Waals surface area contributed by atoms with E-state index in [1.807, 2.05) is 0 Å². The predicted molar refractivity (Wildman–Crippen MR) is 84.6 cm³/mol. The smallest absolute Gasteiger partial charge is 0.253 e. The second kappa shape index (κ2) is 9.50. The van der Waals surface area contributed by atoms with Crippen molar-refractivity contribution < 1.29 is 19.2 Å². The maximum Gasteiger partial charge on any atom is 0.253 e. The largest absolute Gasteiger partial charge is 0.356 e. The summed E-state index contributed by atoms with van der Waals surface area (Å²) < 4.78 is 0. The average molecular weight is 343 g/mol. The van der Waals surface area contributed by atoms with E-state index < -0.39 is 17.9 Å². The Morgan fingerprint density at radius 1 is 1.27 bits per heavy atom. The zero-order chi connectivity index (χ0) is 16.5. The highest BCUT2D eigenvalue weighted by molar-refractivity contribution is 8.03. The molecule has 7 nitrogen and oxygen atoms in total. The Kier molecular flexibility index (Phi) is 8.01. The van der Waals surface area contributed by atoms with Crippen LogP contribution in [-0.2, 0) is 31.0 Å².